The number of amides is 2. The second-order valence-corrected chi connectivity index (χ2v) is 6.85. The van der Waals surface area contributed by atoms with E-state index in [1.54, 1.807) is 15.9 Å². The fourth-order valence-corrected chi connectivity index (χ4v) is 3.84. The molecule has 1 aliphatic heterocycles. The van der Waals surface area contributed by atoms with E-state index in [1.165, 1.54) is 6.07 Å². The van der Waals surface area contributed by atoms with Crippen LogP contribution in [0, 0.1) is 23.5 Å². The molecule has 2 N–H and O–H groups in total. The van der Waals surface area contributed by atoms with Crippen LogP contribution in [0.1, 0.15) is 25.7 Å². The average Bonchev–Trinajstić information content (AvgIpc) is 2.96. The summed E-state index contributed by atoms with van der Waals surface area (Å²) in [5, 5.41) is 0. The van der Waals surface area contributed by atoms with E-state index in [-0.39, 0.29) is 29.3 Å². The molecule has 0 spiro atoms. The number of rotatable bonds is 3. The number of halogens is 2. The maximum absolute atomic E-state index is 14.0. The van der Waals surface area contributed by atoms with Gasteiger partial charge in [0.15, 0.2) is 11.6 Å². The largest absolute Gasteiger partial charge is 0.369 e. The standard InChI is InChI=1S/C18H23F2N3O2/c19-14-3-1-4-15(16(14)20)22-7-2-8-23(10-9-22)18(25)13-6-5-12(11-13)17(21)24/h1,3-4,12-13H,2,5-11H2,(H2,21,24)/t12-,13+/m1/s1. The Labute approximate surface area is 145 Å². The number of hydrogen-bond acceptors (Lipinski definition) is 3. The second kappa shape index (κ2) is 7.37. The van der Waals surface area contributed by atoms with Crippen LogP contribution in [0.3, 0.4) is 0 Å². The topological polar surface area (TPSA) is 66.6 Å². The molecule has 0 unspecified atom stereocenters. The van der Waals surface area contributed by atoms with Gasteiger partial charge in [-0.1, -0.05) is 6.07 Å². The molecular weight excluding hydrogens is 328 g/mol. The van der Waals surface area contributed by atoms with Crippen molar-refractivity contribution in [1.82, 2.24) is 4.90 Å². The maximum atomic E-state index is 14.0. The second-order valence-electron chi connectivity index (χ2n) is 6.85. The highest BCUT2D eigenvalue weighted by Crippen LogP contribution is 2.32. The van der Waals surface area contributed by atoms with Crippen molar-refractivity contribution in [3.8, 4) is 0 Å². The van der Waals surface area contributed by atoms with E-state index in [2.05, 4.69) is 0 Å². The van der Waals surface area contributed by atoms with Crippen molar-refractivity contribution in [2.45, 2.75) is 25.7 Å². The minimum Gasteiger partial charge on any atom is -0.369 e. The van der Waals surface area contributed by atoms with Crippen LogP contribution in [0.15, 0.2) is 18.2 Å². The number of carbonyl (C=O) groups excluding carboxylic acids is 2. The van der Waals surface area contributed by atoms with Gasteiger partial charge in [0, 0.05) is 38.0 Å². The van der Waals surface area contributed by atoms with Gasteiger partial charge in [-0.3, -0.25) is 9.59 Å². The highest BCUT2D eigenvalue weighted by Gasteiger charge is 2.35. The summed E-state index contributed by atoms with van der Waals surface area (Å²) in [5.74, 6) is -2.36. The summed E-state index contributed by atoms with van der Waals surface area (Å²) >= 11 is 0. The number of nitrogens with two attached hydrogens (primary N) is 1. The number of benzene rings is 1. The first-order valence-corrected chi connectivity index (χ1v) is 8.74. The van der Waals surface area contributed by atoms with Gasteiger partial charge in [0.1, 0.15) is 0 Å². The van der Waals surface area contributed by atoms with E-state index in [4.69, 9.17) is 5.73 Å². The summed E-state index contributed by atoms with van der Waals surface area (Å²) < 4.78 is 27.4. The predicted molar refractivity (Wildman–Crippen MR) is 89.8 cm³/mol. The van der Waals surface area contributed by atoms with Crippen molar-refractivity contribution in [2.75, 3.05) is 31.1 Å². The van der Waals surface area contributed by atoms with Crippen molar-refractivity contribution in [1.29, 1.82) is 0 Å². The molecule has 5 nitrogen and oxygen atoms in total. The van der Waals surface area contributed by atoms with E-state index in [0.717, 1.165) is 6.07 Å². The third kappa shape index (κ3) is 3.75. The molecule has 2 atom stereocenters. The highest BCUT2D eigenvalue weighted by molar-refractivity contribution is 5.82. The molecule has 2 aliphatic rings. The Kier molecular flexibility index (Phi) is 5.20. The van der Waals surface area contributed by atoms with Gasteiger partial charge >= 0.3 is 0 Å². The van der Waals surface area contributed by atoms with Crippen molar-refractivity contribution in [2.24, 2.45) is 17.6 Å². The number of carbonyl (C=O) groups is 2. The van der Waals surface area contributed by atoms with Gasteiger partial charge in [-0.2, -0.15) is 0 Å². The fraction of sp³-hybridized carbons (Fsp3) is 0.556. The minimum atomic E-state index is -0.863. The lowest BCUT2D eigenvalue weighted by molar-refractivity contribution is -0.135. The number of anilines is 1. The lowest BCUT2D eigenvalue weighted by atomic mass is 10.0. The number of nitrogens with zero attached hydrogens (tertiary/aromatic N) is 2. The maximum Gasteiger partial charge on any atom is 0.225 e. The van der Waals surface area contributed by atoms with E-state index >= 15 is 0 Å². The van der Waals surface area contributed by atoms with Crippen molar-refractivity contribution >= 4 is 17.5 Å². The quantitative estimate of drug-likeness (QED) is 0.905. The van der Waals surface area contributed by atoms with E-state index in [9.17, 15) is 18.4 Å². The molecule has 3 rings (SSSR count). The average molecular weight is 351 g/mol. The molecule has 2 fully saturated rings. The first-order valence-electron chi connectivity index (χ1n) is 8.74. The molecule has 7 heteroatoms. The number of hydrogen-bond donors (Lipinski definition) is 1. The lowest BCUT2D eigenvalue weighted by Crippen LogP contribution is -2.38. The van der Waals surface area contributed by atoms with Crippen LogP contribution in [-0.4, -0.2) is 42.9 Å². The molecule has 136 valence electrons. The first-order chi connectivity index (χ1) is 12.0. The number of primary amides is 1. The Bertz CT molecular complexity index is 668. The third-order valence-electron chi connectivity index (χ3n) is 5.26. The first kappa shape index (κ1) is 17.6. The summed E-state index contributed by atoms with van der Waals surface area (Å²) in [7, 11) is 0. The van der Waals surface area contributed by atoms with Crippen molar-refractivity contribution in [3.63, 3.8) is 0 Å². The zero-order valence-electron chi connectivity index (χ0n) is 14.1. The Morgan fingerprint density at radius 2 is 1.80 bits per heavy atom. The molecule has 1 aromatic rings. The molecule has 1 heterocycles. The molecule has 1 aromatic carbocycles. The van der Waals surface area contributed by atoms with Gasteiger partial charge in [0.2, 0.25) is 11.8 Å². The summed E-state index contributed by atoms with van der Waals surface area (Å²) in [6.45, 7) is 2.08. The van der Waals surface area contributed by atoms with Crippen LogP contribution in [0.4, 0.5) is 14.5 Å². The Balaban J connectivity index is 1.63. The molecule has 2 amide bonds. The van der Waals surface area contributed by atoms with E-state index in [0.29, 0.717) is 51.9 Å². The zero-order chi connectivity index (χ0) is 18.0. The third-order valence-corrected chi connectivity index (χ3v) is 5.26. The van der Waals surface area contributed by atoms with Crippen molar-refractivity contribution in [3.05, 3.63) is 29.8 Å². The molecule has 1 saturated heterocycles. The van der Waals surface area contributed by atoms with Gasteiger partial charge in [0.25, 0.3) is 0 Å². The minimum absolute atomic E-state index is 0.0466. The molecule has 25 heavy (non-hydrogen) atoms. The van der Waals surface area contributed by atoms with Crippen LogP contribution >= 0.6 is 0 Å². The molecule has 0 radical (unpaired) electrons. The van der Waals surface area contributed by atoms with Crippen LogP contribution in [0.2, 0.25) is 0 Å². The summed E-state index contributed by atoms with van der Waals surface area (Å²) in [6, 6.07) is 4.15. The van der Waals surface area contributed by atoms with Crippen molar-refractivity contribution < 1.29 is 18.4 Å². The van der Waals surface area contributed by atoms with Crippen LogP contribution in [0.5, 0.6) is 0 Å². The van der Waals surface area contributed by atoms with Crippen LogP contribution in [0.25, 0.3) is 0 Å². The van der Waals surface area contributed by atoms with Crippen LogP contribution < -0.4 is 10.6 Å². The Morgan fingerprint density at radius 1 is 1.04 bits per heavy atom. The van der Waals surface area contributed by atoms with Gasteiger partial charge in [0.05, 0.1) is 5.69 Å². The fourth-order valence-electron chi connectivity index (χ4n) is 3.84. The van der Waals surface area contributed by atoms with E-state index < -0.39 is 11.6 Å². The van der Waals surface area contributed by atoms with E-state index in [1.807, 2.05) is 0 Å². The smallest absolute Gasteiger partial charge is 0.225 e. The van der Waals surface area contributed by atoms with Gasteiger partial charge < -0.3 is 15.5 Å². The van der Waals surface area contributed by atoms with Gasteiger partial charge in [-0.05, 0) is 37.8 Å². The van der Waals surface area contributed by atoms with Gasteiger partial charge in [-0.25, -0.2) is 8.78 Å². The lowest BCUT2D eigenvalue weighted by Gasteiger charge is -2.25. The summed E-state index contributed by atoms with van der Waals surface area (Å²) in [6.07, 6.45) is 2.56. The summed E-state index contributed by atoms with van der Waals surface area (Å²) in [4.78, 5) is 27.6. The Hall–Kier alpha value is -2.18. The predicted octanol–water partition coefficient (Wildman–Crippen LogP) is 1.91. The zero-order valence-corrected chi connectivity index (χ0v) is 14.1. The molecule has 0 bridgehead atoms. The van der Waals surface area contributed by atoms with Gasteiger partial charge in [-0.15, -0.1) is 0 Å². The molecule has 1 aliphatic carbocycles. The highest BCUT2D eigenvalue weighted by atomic mass is 19.2. The molecule has 0 aromatic heterocycles. The molecular formula is C18H23F2N3O2. The van der Waals surface area contributed by atoms with Crippen LogP contribution in [-0.2, 0) is 9.59 Å². The normalized spacial score (nSPS) is 24.2. The SMILES string of the molecule is NC(=O)[C@@H]1CC[C@H](C(=O)N2CCCN(c3cccc(F)c3F)CC2)C1. The Morgan fingerprint density at radius 3 is 2.52 bits per heavy atom. The monoisotopic (exact) mass is 351 g/mol. The molecule has 1 saturated carbocycles. The summed E-state index contributed by atoms with van der Waals surface area (Å²) in [5.41, 5.74) is 5.58.